The third kappa shape index (κ3) is 22.9. The lowest BCUT2D eigenvalue weighted by Gasteiger charge is -2.28. The van der Waals surface area contributed by atoms with Gasteiger partial charge in [-0.05, 0) is 38.5 Å². The Balaban J connectivity index is 5.36. The number of nitrogens with zero attached hydrogens (tertiary/aromatic N) is 1. The van der Waals surface area contributed by atoms with Gasteiger partial charge in [0.15, 0.2) is 6.10 Å². The molecule has 0 aliphatic rings. The number of unbranched alkanes of at least 4 members (excludes halogenated alkanes) is 4. The first-order chi connectivity index (χ1) is 20.7. The van der Waals surface area contributed by atoms with Gasteiger partial charge in [-0.1, -0.05) is 51.0 Å². The molecular formula is C26H48NO8P. The van der Waals surface area contributed by atoms with Crippen molar-refractivity contribution >= 4 is 19.8 Å². The first-order valence-electron chi connectivity index (χ1n) is 16.9. The number of phosphoric acid groups is 1. The van der Waals surface area contributed by atoms with Crippen molar-refractivity contribution in [1.29, 1.82) is 0 Å². The van der Waals surface area contributed by atoms with E-state index in [-0.39, 0.29) is 12.8 Å². The molecule has 0 aliphatic heterocycles. The maximum absolute atomic E-state index is 12.4. The molecule has 0 N–H and O–H groups in total. The highest BCUT2D eigenvalue weighted by molar-refractivity contribution is 7.45. The number of esters is 2. The van der Waals surface area contributed by atoms with E-state index in [1.54, 1.807) is 0 Å². The molecule has 0 radical (unpaired) electrons. The molecule has 0 aliphatic carbocycles. The molecule has 0 bridgehead atoms. The van der Waals surface area contributed by atoms with Crippen molar-refractivity contribution in [2.45, 2.75) is 84.2 Å². The van der Waals surface area contributed by atoms with Crippen molar-refractivity contribution in [3.8, 4) is 0 Å². The number of hydrogen-bond acceptors (Lipinski definition) is 8. The van der Waals surface area contributed by atoms with E-state index in [9.17, 15) is 19.0 Å². The number of quaternary nitrogens is 1. The molecule has 2 atom stereocenters. The molecule has 0 aromatic heterocycles. The highest BCUT2D eigenvalue weighted by Gasteiger charge is 2.21. The predicted molar refractivity (Wildman–Crippen MR) is 139 cm³/mol. The molecule has 0 rings (SSSR count). The maximum Gasteiger partial charge on any atom is 0.306 e. The number of carbonyl (C=O) groups is 2. The fourth-order valence-corrected chi connectivity index (χ4v) is 3.38. The summed E-state index contributed by atoms with van der Waals surface area (Å²) in [5.41, 5.74) is 0. The molecule has 0 heterocycles. The Labute approximate surface area is 230 Å². The van der Waals surface area contributed by atoms with Crippen LogP contribution in [0.4, 0.5) is 0 Å². The number of hydrogen-bond donors (Lipinski definition) is 0. The van der Waals surface area contributed by atoms with Crippen LogP contribution >= 0.6 is 7.82 Å². The molecule has 0 aromatic carbocycles. The number of ether oxygens (including phenoxy) is 2. The van der Waals surface area contributed by atoms with Crippen LogP contribution in [0.3, 0.4) is 0 Å². The van der Waals surface area contributed by atoms with Crippen LogP contribution in [0.15, 0.2) is 24.3 Å². The summed E-state index contributed by atoms with van der Waals surface area (Å²) in [7, 11) is -5.31. The van der Waals surface area contributed by atoms with Crippen LogP contribution in [0.1, 0.15) is 90.4 Å². The first-order valence-corrected chi connectivity index (χ1v) is 13.8. The summed E-state index contributed by atoms with van der Waals surface area (Å²) >= 11 is 0. The SMILES string of the molecule is [2H]C([2H])([2H])[N+](CCOP(=O)([O-])OC[C@@H](COC(=O)CCC/C=C\CCC)OC(=O)CCC/C=C\CCC)(C([2H])([2H])[2H])C([2H])([2H])[2H]. The van der Waals surface area contributed by atoms with E-state index < -0.39 is 77.6 Å². The van der Waals surface area contributed by atoms with E-state index in [0.717, 1.165) is 25.7 Å². The normalized spacial score (nSPS) is 19.5. The minimum Gasteiger partial charge on any atom is -0.756 e. The van der Waals surface area contributed by atoms with Crippen molar-refractivity contribution < 1.29 is 54.4 Å². The highest BCUT2D eigenvalue weighted by atomic mass is 31.2. The van der Waals surface area contributed by atoms with Gasteiger partial charge in [0.25, 0.3) is 7.82 Å². The van der Waals surface area contributed by atoms with Crippen LogP contribution in [0.5, 0.6) is 0 Å². The standard InChI is InChI=1S/C26H48NO8P/c1-6-8-10-12-14-16-18-25(28)32-22-24(35-26(29)19-17-15-13-11-9-7-2)23-34-36(30,31)33-21-20-27(3,4)5/h10-13,24H,6-9,14-23H2,1-5H3/b12-10-,13-11-/t24-/m1/s1/i3D3,4D3,5D3. The van der Waals surface area contributed by atoms with E-state index in [4.69, 9.17) is 26.3 Å². The lowest BCUT2D eigenvalue weighted by atomic mass is 10.2. The minimum atomic E-state index is -5.31. The predicted octanol–water partition coefficient (Wildman–Crippen LogP) is 4.70. The average molecular weight is 543 g/mol. The zero-order chi connectivity index (χ0) is 34.8. The summed E-state index contributed by atoms with van der Waals surface area (Å²) < 4.78 is 98.1. The summed E-state index contributed by atoms with van der Waals surface area (Å²) in [5, 5.41) is 0. The lowest BCUT2D eigenvalue weighted by Crippen LogP contribution is -2.37. The summed E-state index contributed by atoms with van der Waals surface area (Å²) in [6, 6.07) is 0. The molecule has 0 aromatic rings. The van der Waals surface area contributed by atoms with E-state index >= 15 is 0 Å². The Morgan fingerprint density at radius 2 is 1.44 bits per heavy atom. The van der Waals surface area contributed by atoms with Crippen molar-refractivity contribution in [3.05, 3.63) is 24.3 Å². The van der Waals surface area contributed by atoms with E-state index in [1.165, 1.54) is 0 Å². The fourth-order valence-electron chi connectivity index (χ4n) is 2.65. The van der Waals surface area contributed by atoms with Gasteiger partial charge in [-0.25, -0.2) is 0 Å². The van der Waals surface area contributed by atoms with Gasteiger partial charge < -0.3 is 27.9 Å². The van der Waals surface area contributed by atoms with Crippen LogP contribution in [0, 0.1) is 0 Å². The molecule has 0 spiro atoms. The number of carbonyl (C=O) groups excluding carboxylic acids is 2. The van der Waals surface area contributed by atoms with Gasteiger partial charge in [0, 0.05) is 12.8 Å². The molecule has 36 heavy (non-hydrogen) atoms. The van der Waals surface area contributed by atoms with Crippen molar-refractivity contribution in [2.75, 3.05) is 47.3 Å². The Bertz CT molecular complexity index is 949. The van der Waals surface area contributed by atoms with Crippen LogP contribution in [-0.4, -0.2) is 69.8 Å². The molecule has 210 valence electrons. The Morgan fingerprint density at radius 1 is 0.889 bits per heavy atom. The molecule has 9 nitrogen and oxygen atoms in total. The van der Waals surface area contributed by atoms with Crippen LogP contribution in [-0.2, 0) is 32.7 Å². The average Bonchev–Trinajstić information content (AvgIpc) is 2.89. The number of allylic oxidation sites excluding steroid dienone is 4. The van der Waals surface area contributed by atoms with Gasteiger partial charge in [-0.15, -0.1) is 0 Å². The summed E-state index contributed by atoms with van der Waals surface area (Å²) in [5.74, 6) is -1.29. The van der Waals surface area contributed by atoms with Crippen molar-refractivity contribution in [1.82, 2.24) is 0 Å². The fraction of sp³-hybridized carbons (Fsp3) is 0.769. The van der Waals surface area contributed by atoms with Gasteiger partial charge in [0.2, 0.25) is 0 Å². The monoisotopic (exact) mass is 542 g/mol. The Kier molecular flexibility index (Phi) is 12.2. The Morgan fingerprint density at radius 3 is 2.00 bits per heavy atom. The Hall–Kier alpha value is -1.51. The smallest absolute Gasteiger partial charge is 0.306 e. The summed E-state index contributed by atoms with van der Waals surface area (Å²) in [4.78, 5) is 37.0. The number of likely N-dealkylation sites (N-methyl/N-ethyl adjacent to an activating group) is 1. The van der Waals surface area contributed by atoms with Crippen LogP contribution < -0.4 is 4.89 Å². The maximum atomic E-state index is 12.4. The van der Waals surface area contributed by atoms with Gasteiger partial charge in [0.05, 0.1) is 39.9 Å². The molecule has 0 saturated heterocycles. The summed E-state index contributed by atoms with van der Waals surface area (Å²) in [6.45, 7) is -10.5. The highest BCUT2D eigenvalue weighted by Crippen LogP contribution is 2.38. The van der Waals surface area contributed by atoms with Gasteiger partial charge in [-0.3, -0.25) is 14.2 Å². The second-order valence-corrected chi connectivity index (χ2v) is 9.62. The molecule has 0 fully saturated rings. The first kappa shape index (κ1) is 21.4. The minimum absolute atomic E-state index is 0.00406. The topological polar surface area (TPSA) is 111 Å². The van der Waals surface area contributed by atoms with Crippen molar-refractivity contribution in [2.24, 2.45) is 0 Å². The molecule has 0 saturated carbocycles. The van der Waals surface area contributed by atoms with Gasteiger partial charge in [-0.2, -0.15) is 0 Å². The zero-order valence-corrected chi connectivity index (χ0v) is 22.3. The van der Waals surface area contributed by atoms with Gasteiger partial charge in [0.1, 0.15) is 19.8 Å². The molecule has 10 heteroatoms. The second-order valence-electron chi connectivity index (χ2n) is 8.21. The van der Waals surface area contributed by atoms with Crippen molar-refractivity contribution in [3.63, 3.8) is 0 Å². The summed E-state index contributed by atoms with van der Waals surface area (Å²) in [6.07, 6.45) is 12.7. The van der Waals surface area contributed by atoms with E-state index in [1.807, 2.05) is 38.2 Å². The van der Waals surface area contributed by atoms with E-state index in [0.29, 0.717) is 25.7 Å². The number of rotatable bonds is 22. The zero-order valence-electron chi connectivity index (χ0n) is 30.4. The third-order valence-corrected chi connectivity index (χ3v) is 5.53. The van der Waals surface area contributed by atoms with E-state index in [2.05, 4.69) is 4.52 Å². The van der Waals surface area contributed by atoms with Crippen LogP contribution in [0.2, 0.25) is 0 Å². The molecular weight excluding hydrogens is 485 g/mol. The molecule has 0 amide bonds. The number of phosphoric ester groups is 1. The second kappa shape index (κ2) is 20.5. The van der Waals surface area contributed by atoms with Gasteiger partial charge >= 0.3 is 11.9 Å². The van der Waals surface area contributed by atoms with Crippen LogP contribution in [0.25, 0.3) is 0 Å². The quantitative estimate of drug-likeness (QED) is 0.0636. The molecule has 1 unspecified atom stereocenters. The largest absolute Gasteiger partial charge is 0.756 e. The third-order valence-electron chi connectivity index (χ3n) is 4.57. The lowest BCUT2D eigenvalue weighted by molar-refractivity contribution is -0.870.